The summed E-state index contributed by atoms with van der Waals surface area (Å²) in [6.45, 7) is 0. The number of nitrogens with zero attached hydrogens (tertiary/aromatic N) is 3. The molecule has 15 aromatic rings. The Morgan fingerprint density at radius 1 is 0.203 bits per heavy atom. The summed E-state index contributed by atoms with van der Waals surface area (Å²) in [5, 5.41) is 12.6. The highest BCUT2D eigenvalue weighted by molar-refractivity contribution is 6.25. The highest BCUT2D eigenvalue weighted by atomic mass is 15.1. The van der Waals surface area contributed by atoms with Crippen LogP contribution >= 0.6 is 0 Å². The minimum absolute atomic E-state index is 1.08. The van der Waals surface area contributed by atoms with E-state index >= 15 is 0 Å². The average Bonchev–Trinajstić information content (AvgIpc) is 3.99. The minimum atomic E-state index is 1.08. The van der Waals surface area contributed by atoms with Gasteiger partial charge in [-0.2, -0.15) is 0 Å². The van der Waals surface area contributed by atoms with Crippen molar-refractivity contribution in [2.24, 2.45) is 0 Å². The highest BCUT2D eigenvalue weighted by Crippen LogP contribution is 2.43. The van der Waals surface area contributed by atoms with Crippen LogP contribution in [0.15, 0.2) is 309 Å². The lowest BCUT2D eigenvalue weighted by Crippen LogP contribution is -2.10. The lowest BCUT2D eigenvalue weighted by atomic mass is 9.92. The summed E-state index contributed by atoms with van der Waals surface area (Å²) in [7, 11) is 0. The Labute approximate surface area is 459 Å². The Morgan fingerprint density at radius 3 is 1.14 bits per heavy atom. The molecule has 0 aliphatic carbocycles. The summed E-state index contributed by atoms with van der Waals surface area (Å²) in [5.41, 5.74) is 17.2. The average molecular weight is 1010 g/mol. The topological polar surface area (TPSA) is 11.4 Å². The molecular weight excluding hydrogens is 955 g/mol. The van der Waals surface area contributed by atoms with E-state index in [1.807, 2.05) is 0 Å². The van der Waals surface area contributed by atoms with E-state index in [1.165, 1.54) is 87.1 Å². The van der Waals surface area contributed by atoms with Crippen LogP contribution in [0.2, 0.25) is 0 Å². The molecule has 0 saturated carbocycles. The first-order valence-corrected chi connectivity index (χ1v) is 27.1. The van der Waals surface area contributed by atoms with Gasteiger partial charge in [-0.1, -0.05) is 206 Å². The smallest absolute Gasteiger partial charge is 0.0541 e. The largest absolute Gasteiger partial charge is 0.311 e. The molecule has 0 atom stereocenters. The van der Waals surface area contributed by atoms with Gasteiger partial charge in [0.05, 0.1) is 16.7 Å². The predicted molar refractivity (Wildman–Crippen MR) is 336 cm³/mol. The number of para-hydroxylation sites is 3. The minimum Gasteiger partial charge on any atom is -0.311 e. The molecule has 0 spiro atoms. The molecule has 3 heteroatoms. The van der Waals surface area contributed by atoms with Crippen LogP contribution in [0.25, 0.3) is 104 Å². The van der Waals surface area contributed by atoms with E-state index in [0.717, 1.165) is 50.9 Å². The van der Waals surface area contributed by atoms with Gasteiger partial charge in [-0.15, -0.1) is 0 Å². The second-order valence-electron chi connectivity index (χ2n) is 20.5. The number of hydrogen-bond acceptors (Lipinski definition) is 2. The second kappa shape index (κ2) is 19.3. The van der Waals surface area contributed by atoms with Crippen molar-refractivity contribution in [1.82, 2.24) is 4.57 Å². The van der Waals surface area contributed by atoms with Crippen molar-refractivity contribution in [3.63, 3.8) is 0 Å². The Bertz CT molecular complexity index is 4690. The fraction of sp³-hybridized carbons (Fsp3) is 0. The van der Waals surface area contributed by atoms with Crippen molar-refractivity contribution in [1.29, 1.82) is 0 Å². The number of aromatic nitrogens is 1. The molecule has 0 bridgehead atoms. The van der Waals surface area contributed by atoms with Crippen molar-refractivity contribution in [2.75, 3.05) is 9.80 Å². The fourth-order valence-corrected chi connectivity index (χ4v) is 12.2. The van der Waals surface area contributed by atoms with Crippen molar-refractivity contribution in [3.05, 3.63) is 309 Å². The van der Waals surface area contributed by atoms with Gasteiger partial charge in [0, 0.05) is 50.3 Å². The molecule has 0 unspecified atom stereocenters. The molecule has 0 amide bonds. The van der Waals surface area contributed by atoms with Crippen LogP contribution in [0.5, 0.6) is 0 Å². The van der Waals surface area contributed by atoms with Gasteiger partial charge >= 0.3 is 0 Å². The number of benzene rings is 14. The van der Waals surface area contributed by atoms with Crippen LogP contribution in [-0.4, -0.2) is 4.57 Å². The Morgan fingerprint density at radius 2 is 0.570 bits per heavy atom. The maximum atomic E-state index is 2.38. The number of hydrogen-bond donors (Lipinski definition) is 0. The summed E-state index contributed by atoms with van der Waals surface area (Å²) in [4.78, 5) is 4.73. The summed E-state index contributed by atoms with van der Waals surface area (Å²) in [6.07, 6.45) is 0. The van der Waals surface area contributed by atoms with Crippen LogP contribution in [0.1, 0.15) is 0 Å². The lowest BCUT2D eigenvalue weighted by Gasteiger charge is -2.27. The van der Waals surface area contributed by atoms with E-state index in [2.05, 4.69) is 324 Å². The third kappa shape index (κ3) is 8.07. The van der Waals surface area contributed by atoms with E-state index in [-0.39, 0.29) is 0 Å². The van der Waals surface area contributed by atoms with Gasteiger partial charge in [-0.05, 0) is 174 Å². The van der Waals surface area contributed by atoms with Crippen LogP contribution in [0, 0.1) is 0 Å². The molecule has 1 heterocycles. The third-order valence-corrected chi connectivity index (χ3v) is 16.0. The molecule has 3 nitrogen and oxygen atoms in total. The zero-order chi connectivity index (χ0) is 52.2. The monoisotopic (exact) mass is 1010 g/mol. The van der Waals surface area contributed by atoms with Crippen LogP contribution in [0.3, 0.4) is 0 Å². The third-order valence-electron chi connectivity index (χ3n) is 16.0. The van der Waals surface area contributed by atoms with Gasteiger partial charge in [0.1, 0.15) is 0 Å². The van der Waals surface area contributed by atoms with Gasteiger partial charge in [0.25, 0.3) is 0 Å². The summed E-state index contributed by atoms with van der Waals surface area (Å²) in [5.74, 6) is 0. The second-order valence-corrected chi connectivity index (χ2v) is 20.5. The van der Waals surface area contributed by atoms with Crippen LogP contribution in [-0.2, 0) is 0 Å². The molecule has 0 saturated heterocycles. The first-order chi connectivity index (χ1) is 39.2. The molecule has 1 aromatic heterocycles. The normalized spacial score (nSPS) is 11.5. The zero-order valence-corrected chi connectivity index (χ0v) is 43.3. The van der Waals surface area contributed by atoms with Crippen molar-refractivity contribution in [2.45, 2.75) is 0 Å². The Hall–Kier alpha value is -10.5. The van der Waals surface area contributed by atoms with Gasteiger partial charge in [0.15, 0.2) is 0 Å². The SMILES string of the molecule is c1ccc(N(c2ccc(-c3ccc(N(c4ccc(-c5ccc6c7ccccc7c7ccccc7c6c5)cc4)c4ccc(-c5ccc6c(c5)c5ccccc5n6-c5ccccc5)cc4)cc3)cc2)c2cccc3ccccc23)cc1. The van der Waals surface area contributed by atoms with E-state index in [0.29, 0.717) is 0 Å². The van der Waals surface area contributed by atoms with Crippen LogP contribution in [0.4, 0.5) is 34.1 Å². The molecule has 370 valence electrons. The van der Waals surface area contributed by atoms with E-state index in [4.69, 9.17) is 0 Å². The summed E-state index contributed by atoms with van der Waals surface area (Å²) >= 11 is 0. The molecule has 0 aliphatic heterocycles. The number of fused-ring (bicyclic) bond motifs is 10. The maximum Gasteiger partial charge on any atom is 0.0541 e. The summed E-state index contributed by atoms with van der Waals surface area (Å²) in [6, 6.07) is 113. The van der Waals surface area contributed by atoms with Crippen molar-refractivity contribution < 1.29 is 0 Å². The molecule has 0 fully saturated rings. The standard InChI is InChI=1S/C76H51N3/c1-3-18-59(19-4-1)78(74-29-15-17-56-16-7-8-22-65(56)74)64-46-32-53(33-47-64)52-30-40-61(41-31-52)77(62-42-34-54(35-43-62)57-38-48-70-68-25-10-9-23-66(68)67-24-11-12-26-69(67)72(70)50-57)63-44-36-55(37-45-63)58-39-49-76-73(51-58)71-27-13-14-28-75(71)79(76)60-20-5-2-6-21-60/h1-51H. The Balaban J connectivity index is 0.792. The quantitative estimate of drug-likeness (QED) is 0.127. The van der Waals surface area contributed by atoms with Gasteiger partial charge < -0.3 is 14.4 Å². The zero-order valence-electron chi connectivity index (χ0n) is 43.3. The molecular formula is C76H51N3. The lowest BCUT2D eigenvalue weighted by molar-refractivity contribution is 1.18. The Kier molecular flexibility index (Phi) is 11.2. The molecule has 15 rings (SSSR count). The number of rotatable bonds is 10. The maximum absolute atomic E-state index is 2.38. The van der Waals surface area contributed by atoms with Crippen molar-refractivity contribution >= 4 is 99.0 Å². The fourth-order valence-electron chi connectivity index (χ4n) is 12.2. The van der Waals surface area contributed by atoms with Gasteiger partial charge in [0.2, 0.25) is 0 Å². The number of anilines is 6. The first-order valence-electron chi connectivity index (χ1n) is 27.1. The molecule has 0 aliphatic rings. The first kappa shape index (κ1) is 45.9. The van der Waals surface area contributed by atoms with Gasteiger partial charge in [-0.3, -0.25) is 0 Å². The highest BCUT2D eigenvalue weighted by Gasteiger charge is 2.19. The molecule has 14 aromatic carbocycles. The van der Waals surface area contributed by atoms with Crippen molar-refractivity contribution in [3.8, 4) is 39.1 Å². The van der Waals surface area contributed by atoms with Crippen LogP contribution < -0.4 is 9.80 Å². The predicted octanol–water partition coefficient (Wildman–Crippen LogP) is 21.3. The van der Waals surface area contributed by atoms with E-state index < -0.39 is 0 Å². The van der Waals surface area contributed by atoms with E-state index in [1.54, 1.807) is 0 Å². The molecule has 0 N–H and O–H groups in total. The molecule has 79 heavy (non-hydrogen) atoms. The van der Waals surface area contributed by atoms with Gasteiger partial charge in [-0.25, -0.2) is 0 Å². The molecule has 0 radical (unpaired) electrons. The van der Waals surface area contributed by atoms with E-state index in [9.17, 15) is 0 Å². The summed E-state index contributed by atoms with van der Waals surface area (Å²) < 4.78 is 2.37.